The summed E-state index contributed by atoms with van der Waals surface area (Å²) in [5.74, 6) is -0.116. The number of carbonyl (C=O) groups is 3. The molecule has 0 bridgehead atoms. The van der Waals surface area contributed by atoms with E-state index in [2.05, 4.69) is 5.32 Å². The zero-order chi connectivity index (χ0) is 36.2. The third kappa shape index (κ3) is 7.96. The maximum absolute atomic E-state index is 14.4. The lowest BCUT2D eigenvalue weighted by Crippen LogP contribution is -2.70. The van der Waals surface area contributed by atoms with Crippen LogP contribution in [0.2, 0.25) is 15.1 Å². The molecule has 7 rings (SSSR count). The van der Waals surface area contributed by atoms with Gasteiger partial charge in [0.2, 0.25) is 5.91 Å². The van der Waals surface area contributed by atoms with Gasteiger partial charge in [-0.05, 0) is 52.9 Å². The van der Waals surface area contributed by atoms with Crippen molar-refractivity contribution >= 4 is 75.7 Å². The van der Waals surface area contributed by atoms with Gasteiger partial charge < -0.3 is 19.5 Å². The number of carbonyl (C=O) groups excluding carboxylic acids is 3. The molecule has 0 saturated carbocycles. The lowest BCUT2D eigenvalue weighted by molar-refractivity contribution is -0.154. The van der Waals surface area contributed by atoms with E-state index in [1.165, 1.54) is 28.0 Å². The number of β-lactam (4-membered cyclic amide) rings is 1. The maximum Gasteiger partial charge on any atom is 0.356 e. The lowest BCUT2D eigenvalue weighted by atomic mass is 10.0. The molecule has 0 radical (unpaired) electrons. The second kappa shape index (κ2) is 16.1. The van der Waals surface area contributed by atoms with Crippen LogP contribution < -0.4 is 14.8 Å². The van der Waals surface area contributed by atoms with E-state index in [9.17, 15) is 14.4 Å². The molecule has 5 aromatic rings. The van der Waals surface area contributed by atoms with Gasteiger partial charge in [0.15, 0.2) is 17.6 Å². The third-order valence-corrected chi connectivity index (χ3v) is 11.3. The number of amides is 2. The van der Waals surface area contributed by atoms with Crippen LogP contribution in [0.25, 0.3) is 0 Å². The largest absolute Gasteiger partial charge is 0.485 e. The number of thiophene rings is 1. The van der Waals surface area contributed by atoms with Crippen LogP contribution in [0.4, 0.5) is 0 Å². The molecule has 52 heavy (non-hydrogen) atoms. The van der Waals surface area contributed by atoms with Crippen molar-refractivity contribution in [2.45, 2.75) is 23.9 Å². The highest BCUT2D eigenvalue weighted by Crippen LogP contribution is 2.43. The van der Waals surface area contributed by atoms with Crippen LogP contribution in [0.15, 0.2) is 126 Å². The molecule has 0 aliphatic carbocycles. The molecule has 0 spiro atoms. The van der Waals surface area contributed by atoms with Crippen molar-refractivity contribution in [3.8, 4) is 17.2 Å². The van der Waals surface area contributed by atoms with Crippen LogP contribution >= 0.6 is 57.9 Å². The molecule has 2 atom stereocenters. The Morgan fingerprint density at radius 1 is 0.827 bits per heavy atom. The first-order chi connectivity index (χ1) is 25.2. The Hall–Kier alpha value is -4.45. The molecular formula is C39H29Cl3N2O6S2. The van der Waals surface area contributed by atoms with Crippen LogP contribution in [0, 0.1) is 0 Å². The smallest absolute Gasteiger partial charge is 0.356 e. The van der Waals surface area contributed by atoms with E-state index in [0.29, 0.717) is 37.9 Å². The van der Waals surface area contributed by atoms with Gasteiger partial charge in [-0.25, -0.2) is 4.79 Å². The summed E-state index contributed by atoms with van der Waals surface area (Å²) in [4.78, 5) is 43.4. The van der Waals surface area contributed by atoms with Crippen molar-refractivity contribution in [2.24, 2.45) is 0 Å². The molecule has 2 aliphatic rings. The van der Waals surface area contributed by atoms with Crippen LogP contribution in [-0.4, -0.2) is 46.5 Å². The number of nitrogens with one attached hydrogen (secondary N) is 1. The molecule has 3 heterocycles. The van der Waals surface area contributed by atoms with Gasteiger partial charge in [0, 0.05) is 32.3 Å². The number of hydrogen-bond donors (Lipinski definition) is 1. The number of hydrogen-bond acceptors (Lipinski definition) is 8. The van der Waals surface area contributed by atoms with Gasteiger partial charge in [0.25, 0.3) is 5.91 Å². The quantitative estimate of drug-likeness (QED) is 0.0996. The monoisotopic (exact) mass is 790 g/mol. The number of rotatable bonds is 12. The first kappa shape index (κ1) is 35.9. The van der Waals surface area contributed by atoms with Crippen molar-refractivity contribution in [3.63, 3.8) is 0 Å². The van der Waals surface area contributed by atoms with E-state index in [1.54, 1.807) is 36.4 Å². The summed E-state index contributed by atoms with van der Waals surface area (Å²) in [5.41, 5.74) is 2.10. The van der Waals surface area contributed by atoms with Crippen molar-refractivity contribution in [2.75, 3.05) is 12.4 Å². The number of fused-ring (bicyclic) bond motifs is 1. The predicted molar refractivity (Wildman–Crippen MR) is 204 cm³/mol. The molecule has 13 heteroatoms. The number of benzene rings is 4. The Balaban J connectivity index is 1.19. The van der Waals surface area contributed by atoms with Gasteiger partial charge in [0.05, 0.1) is 11.4 Å². The Kier molecular flexibility index (Phi) is 11.1. The molecule has 2 amide bonds. The third-order valence-electron chi connectivity index (χ3n) is 8.32. The maximum atomic E-state index is 14.4. The van der Waals surface area contributed by atoms with E-state index < -0.39 is 29.4 Å². The fraction of sp³-hybridized carbons (Fsp3) is 0.154. The lowest BCUT2D eigenvalue weighted by Gasteiger charge is -2.49. The SMILES string of the molecule is O=C(Cc1cccs1)NC1C(=O)N2C(C(=O)OC(c3ccccc3)c3ccccc3)=C(COc3cc(Cl)ccc3Oc3ccc(Cl)cc3Cl)CS[C@@H]12. The summed E-state index contributed by atoms with van der Waals surface area (Å²) < 4.78 is 18.6. The average Bonchev–Trinajstić information content (AvgIpc) is 3.67. The molecular weight excluding hydrogens is 763 g/mol. The summed E-state index contributed by atoms with van der Waals surface area (Å²) in [5, 5.41) is 5.40. The minimum absolute atomic E-state index is 0.0691. The number of halogens is 3. The Bertz CT molecular complexity index is 2090. The zero-order valence-electron chi connectivity index (χ0n) is 27.2. The highest BCUT2D eigenvalue weighted by atomic mass is 35.5. The zero-order valence-corrected chi connectivity index (χ0v) is 31.1. The van der Waals surface area contributed by atoms with Crippen molar-refractivity contribution in [3.05, 3.63) is 157 Å². The van der Waals surface area contributed by atoms with Crippen molar-refractivity contribution in [1.82, 2.24) is 10.2 Å². The Morgan fingerprint density at radius 3 is 2.15 bits per heavy atom. The first-order valence-electron chi connectivity index (χ1n) is 16.1. The molecule has 4 aromatic carbocycles. The number of nitrogens with zero attached hydrogens (tertiary/aromatic N) is 1. The van der Waals surface area contributed by atoms with E-state index in [-0.39, 0.29) is 30.4 Å². The van der Waals surface area contributed by atoms with Crippen LogP contribution in [0.3, 0.4) is 0 Å². The highest BCUT2D eigenvalue weighted by molar-refractivity contribution is 8.00. The van der Waals surface area contributed by atoms with Crippen molar-refractivity contribution in [1.29, 1.82) is 0 Å². The minimum Gasteiger partial charge on any atom is -0.485 e. The molecule has 1 unspecified atom stereocenters. The summed E-state index contributed by atoms with van der Waals surface area (Å²) >= 11 is 21.7. The average molecular weight is 792 g/mol. The van der Waals surface area contributed by atoms with E-state index in [1.807, 2.05) is 78.2 Å². The highest BCUT2D eigenvalue weighted by Gasteiger charge is 2.54. The van der Waals surface area contributed by atoms with Gasteiger partial charge in [-0.3, -0.25) is 14.5 Å². The summed E-state index contributed by atoms with van der Waals surface area (Å²) in [6.07, 6.45) is -0.601. The van der Waals surface area contributed by atoms with Gasteiger partial charge >= 0.3 is 5.97 Å². The predicted octanol–water partition coefficient (Wildman–Crippen LogP) is 9.11. The summed E-state index contributed by atoms with van der Waals surface area (Å²) in [6.45, 7) is -0.101. The molecule has 8 nitrogen and oxygen atoms in total. The molecule has 1 N–H and O–H groups in total. The minimum atomic E-state index is -0.807. The topological polar surface area (TPSA) is 94.2 Å². The van der Waals surface area contributed by atoms with E-state index >= 15 is 0 Å². The Morgan fingerprint density at radius 2 is 1.50 bits per heavy atom. The Labute approximate surface area is 323 Å². The van der Waals surface area contributed by atoms with Gasteiger partial charge in [0.1, 0.15) is 29.5 Å². The molecule has 264 valence electrons. The molecule has 1 fully saturated rings. The fourth-order valence-corrected chi connectivity index (χ4v) is 8.49. The fourth-order valence-electron chi connectivity index (χ4n) is 5.85. The number of esters is 1. The van der Waals surface area contributed by atoms with Crippen LogP contribution in [0.1, 0.15) is 22.1 Å². The van der Waals surface area contributed by atoms with Crippen LogP contribution in [0.5, 0.6) is 17.2 Å². The standard InChI is InChI=1S/C39H29Cl3N2O6S2/c40-26-13-15-30(29(42)18-26)49-31-16-14-27(41)19-32(31)48-21-25-22-52-38-34(43-33(45)20-28-12-7-17-51-28)37(46)44(38)35(25)39(47)50-36(23-8-3-1-4-9-23)24-10-5-2-6-11-24/h1-19,34,36,38H,20-22H2,(H,43,45)/t34?,38-/m0/s1. The van der Waals surface area contributed by atoms with E-state index in [4.69, 9.17) is 49.0 Å². The molecule has 2 aliphatic heterocycles. The summed E-state index contributed by atoms with van der Waals surface area (Å²) in [7, 11) is 0. The number of ether oxygens (including phenoxy) is 3. The normalized spacial score (nSPS) is 16.6. The van der Waals surface area contributed by atoms with Crippen molar-refractivity contribution < 1.29 is 28.6 Å². The second-order valence-corrected chi connectivity index (χ2v) is 15.2. The summed E-state index contributed by atoms with van der Waals surface area (Å²) in [6, 6.07) is 31.4. The van der Waals surface area contributed by atoms with Gasteiger partial charge in [-0.2, -0.15) is 0 Å². The van der Waals surface area contributed by atoms with Crippen LogP contribution in [-0.2, 0) is 25.5 Å². The molecule has 1 aromatic heterocycles. The first-order valence-corrected chi connectivity index (χ1v) is 19.2. The van der Waals surface area contributed by atoms with E-state index in [0.717, 1.165) is 16.0 Å². The number of thioether (sulfide) groups is 1. The van der Waals surface area contributed by atoms with Gasteiger partial charge in [-0.1, -0.05) is 102 Å². The molecule has 1 saturated heterocycles. The van der Waals surface area contributed by atoms with Gasteiger partial charge in [-0.15, -0.1) is 23.1 Å². The second-order valence-electron chi connectivity index (χ2n) is 11.8.